The molecule has 1 fully saturated rings. The number of aromatic nitrogens is 4. The standard InChI is InChI=1S/C17H14N6O.C3H6/c1-9-12(5-20-17-16(9)21-7-22-17)10-2-11-4-15(23-8-24)19-6-13(11)14(18)3-10;1-2-3-1/h2-8H,18H2,1H3,(H,19,23,24)(H,20,21,22);1-3H2. The number of anilines is 2. The lowest BCUT2D eigenvalue weighted by Crippen LogP contribution is -1.98. The summed E-state index contributed by atoms with van der Waals surface area (Å²) >= 11 is 0. The van der Waals surface area contributed by atoms with Gasteiger partial charge in [0.15, 0.2) is 5.65 Å². The Bertz CT molecular complexity index is 1130. The van der Waals surface area contributed by atoms with Gasteiger partial charge >= 0.3 is 0 Å². The number of aryl methyl sites for hydroxylation is 1. The normalized spacial score (nSPS) is 12.5. The van der Waals surface area contributed by atoms with Gasteiger partial charge in [0, 0.05) is 29.0 Å². The van der Waals surface area contributed by atoms with E-state index in [2.05, 4.69) is 25.3 Å². The number of aromatic amines is 1. The highest BCUT2D eigenvalue weighted by molar-refractivity contribution is 5.98. The van der Waals surface area contributed by atoms with Gasteiger partial charge in [-0.2, -0.15) is 0 Å². The summed E-state index contributed by atoms with van der Waals surface area (Å²) in [6.07, 6.45) is 10.2. The molecule has 0 radical (unpaired) electrons. The molecule has 27 heavy (non-hydrogen) atoms. The fourth-order valence-electron chi connectivity index (χ4n) is 2.89. The summed E-state index contributed by atoms with van der Waals surface area (Å²) < 4.78 is 0. The van der Waals surface area contributed by atoms with Crippen molar-refractivity contribution in [3.05, 3.63) is 42.5 Å². The number of imidazole rings is 1. The molecule has 0 atom stereocenters. The van der Waals surface area contributed by atoms with Gasteiger partial charge in [-0.05, 0) is 41.6 Å². The van der Waals surface area contributed by atoms with Crippen LogP contribution in [0.2, 0.25) is 0 Å². The molecule has 0 spiro atoms. The maximum Gasteiger partial charge on any atom is 0.212 e. The second-order valence-corrected chi connectivity index (χ2v) is 6.58. The summed E-state index contributed by atoms with van der Waals surface area (Å²) in [7, 11) is 0. The molecule has 0 saturated heterocycles. The van der Waals surface area contributed by atoms with Crippen molar-refractivity contribution in [2.24, 2.45) is 0 Å². The number of hydrogen-bond donors (Lipinski definition) is 3. The van der Waals surface area contributed by atoms with Gasteiger partial charge in [0.05, 0.1) is 11.8 Å². The molecular weight excluding hydrogens is 340 g/mol. The molecule has 0 aliphatic heterocycles. The number of H-pyrrole nitrogens is 1. The van der Waals surface area contributed by atoms with Crippen molar-refractivity contribution in [1.82, 2.24) is 19.9 Å². The van der Waals surface area contributed by atoms with Crippen LogP contribution in [-0.4, -0.2) is 26.3 Å². The first-order chi connectivity index (χ1) is 13.2. The first-order valence-corrected chi connectivity index (χ1v) is 8.86. The van der Waals surface area contributed by atoms with Crippen molar-refractivity contribution >= 4 is 39.9 Å². The molecule has 7 heteroatoms. The van der Waals surface area contributed by atoms with Crippen LogP contribution < -0.4 is 11.1 Å². The predicted octanol–water partition coefficient (Wildman–Crippen LogP) is 3.80. The zero-order chi connectivity index (χ0) is 18.8. The summed E-state index contributed by atoms with van der Waals surface area (Å²) in [5.74, 6) is 0.480. The Morgan fingerprint density at radius 1 is 1.11 bits per heavy atom. The summed E-state index contributed by atoms with van der Waals surface area (Å²) in [6.45, 7) is 2.02. The fourth-order valence-corrected chi connectivity index (χ4v) is 2.89. The number of fused-ring (bicyclic) bond motifs is 2. The van der Waals surface area contributed by atoms with E-state index < -0.39 is 0 Å². The minimum atomic E-state index is 0.480. The van der Waals surface area contributed by atoms with Gasteiger partial charge < -0.3 is 16.0 Å². The summed E-state index contributed by atoms with van der Waals surface area (Å²) in [6, 6.07) is 5.71. The van der Waals surface area contributed by atoms with Crippen molar-refractivity contribution in [2.45, 2.75) is 26.2 Å². The summed E-state index contributed by atoms with van der Waals surface area (Å²) in [5.41, 5.74) is 11.4. The van der Waals surface area contributed by atoms with E-state index in [0.717, 1.165) is 33.0 Å². The lowest BCUT2D eigenvalue weighted by molar-refractivity contribution is -0.105. The van der Waals surface area contributed by atoms with Gasteiger partial charge in [0.25, 0.3) is 0 Å². The number of hydrogen-bond acceptors (Lipinski definition) is 5. The van der Waals surface area contributed by atoms with E-state index in [1.165, 1.54) is 19.3 Å². The van der Waals surface area contributed by atoms with E-state index in [1.54, 1.807) is 24.8 Å². The lowest BCUT2D eigenvalue weighted by Gasteiger charge is -2.10. The highest BCUT2D eigenvalue weighted by Crippen LogP contribution is 2.32. The van der Waals surface area contributed by atoms with E-state index in [9.17, 15) is 4.79 Å². The van der Waals surface area contributed by atoms with Gasteiger partial charge in [-0.1, -0.05) is 19.3 Å². The molecule has 1 saturated carbocycles. The van der Waals surface area contributed by atoms with E-state index in [-0.39, 0.29) is 0 Å². The number of nitrogens with one attached hydrogen (secondary N) is 2. The smallest absolute Gasteiger partial charge is 0.212 e. The van der Waals surface area contributed by atoms with Crippen LogP contribution in [0.5, 0.6) is 0 Å². The number of nitrogens with two attached hydrogens (primary N) is 1. The van der Waals surface area contributed by atoms with Gasteiger partial charge in [-0.25, -0.2) is 15.0 Å². The number of benzene rings is 1. The number of nitrogen functional groups attached to an aromatic ring is 1. The predicted molar refractivity (Wildman–Crippen MR) is 107 cm³/mol. The SMILES string of the molecule is C1CC1.Cc1c(-c2cc(N)c3cnc(NC=O)cc3c2)cnc2nc[nH]c12. The molecule has 1 aliphatic rings. The van der Waals surface area contributed by atoms with Crippen molar-refractivity contribution in [2.75, 3.05) is 11.1 Å². The maximum atomic E-state index is 10.6. The van der Waals surface area contributed by atoms with E-state index >= 15 is 0 Å². The van der Waals surface area contributed by atoms with Crippen LogP contribution in [0.25, 0.3) is 33.1 Å². The number of nitrogens with zero attached hydrogens (tertiary/aromatic N) is 3. The molecule has 0 bridgehead atoms. The fraction of sp³-hybridized carbons (Fsp3) is 0.200. The number of carbonyl (C=O) groups is 1. The van der Waals surface area contributed by atoms with Crippen LogP contribution in [0.4, 0.5) is 11.5 Å². The molecule has 3 aromatic heterocycles. The number of rotatable bonds is 3. The molecule has 1 aromatic carbocycles. The average Bonchev–Trinajstić information content (AvgIpc) is 3.47. The highest BCUT2D eigenvalue weighted by atomic mass is 16.1. The minimum Gasteiger partial charge on any atom is -0.398 e. The minimum absolute atomic E-state index is 0.480. The molecular formula is C20H20N6O. The van der Waals surface area contributed by atoms with Crippen LogP contribution in [-0.2, 0) is 4.79 Å². The third kappa shape index (κ3) is 3.44. The second kappa shape index (κ2) is 7.03. The number of pyridine rings is 2. The van der Waals surface area contributed by atoms with Gasteiger partial charge in [0.2, 0.25) is 6.41 Å². The zero-order valence-electron chi connectivity index (χ0n) is 15.0. The third-order valence-corrected chi connectivity index (χ3v) is 4.45. The van der Waals surface area contributed by atoms with Crippen LogP contribution in [0.3, 0.4) is 0 Å². The monoisotopic (exact) mass is 360 g/mol. The quantitative estimate of drug-likeness (QED) is 0.380. The second-order valence-electron chi connectivity index (χ2n) is 6.58. The van der Waals surface area contributed by atoms with Crippen LogP contribution in [0, 0.1) is 6.92 Å². The van der Waals surface area contributed by atoms with Gasteiger partial charge in [-0.15, -0.1) is 0 Å². The van der Waals surface area contributed by atoms with Crippen molar-refractivity contribution in [1.29, 1.82) is 0 Å². The van der Waals surface area contributed by atoms with Crippen molar-refractivity contribution in [3.63, 3.8) is 0 Å². The Morgan fingerprint density at radius 2 is 1.93 bits per heavy atom. The van der Waals surface area contributed by atoms with Crippen LogP contribution >= 0.6 is 0 Å². The Hall–Kier alpha value is -3.48. The van der Waals surface area contributed by atoms with Gasteiger partial charge in [-0.3, -0.25) is 4.79 Å². The van der Waals surface area contributed by atoms with E-state index in [0.29, 0.717) is 23.6 Å². The molecule has 3 heterocycles. The number of amides is 1. The first-order valence-electron chi connectivity index (χ1n) is 8.86. The molecule has 1 aliphatic carbocycles. The average molecular weight is 360 g/mol. The van der Waals surface area contributed by atoms with Crippen molar-refractivity contribution < 1.29 is 4.79 Å². The first kappa shape index (κ1) is 17.0. The van der Waals surface area contributed by atoms with E-state index in [4.69, 9.17) is 5.73 Å². The largest absolute Gasteiger partial charge is 0.398 e. The molecule has 136 valence electrons. The molecule has 1 amide bonds. The zero-order valence-corrected chi connectivity index (χ0v) is 15.0. The third-order valence-electron chi connectivity index (χ3n) is 4.45. The molecule has 4 N–H and O–H groups in total. The van der Waals surface area contributed by atoms with E-state index in [1.807, 2.05) is 19.1 Å². The highest BCUT2D eigenvalue weighted by Gasteiger charge is 2.11. The van der Waals surface area contributed by atoms with Crippen LogP contribution in [0.15, 0.2) is 36.9 Å². The molecule has 5 rings (SSSR count). The Balaban J connectivity index is 0.000000547. The molecule has 0 unspecified atom stereocenters. The van der Waals surface area contributed by atoms with Crippen molar-refractivity contribution in [3.8, 4) is 11.1 Å². The lowest BCUT2D eigenvalue weighted by atomic mass is 9.98. The molecule has 7 nitrogen and oxygen atoms in total. The Labute approximate surface area is 156 Å². The Kier molecular flexibility index (Phi) is 4.42. The topological polar surface area (TPSA) is 110 Å². The van der Waals surface area contributed by atoms with Gasteiger partial charge in [0.1, 0.15) is 5.82 Å². The summed E-state index contributed by atoms with van der Waals surface area (Å²) in [4.78, 5) is 26.4. The Morgan fingerprint density at radius 3 is 2.67 bits per heavy atom. The maximum absolute atomic E-state index is 10.6. The summed E-state index contributed by atoms with van der Waals surface area (Å²) in [5, 5.41) is 4.29. The number of carbonyl (C=O) groups excluding carboxylic acids is 1. The molecule has 4 aromatic rings. The van der Waals surface area contributed by atoms with Crippen LogP contribution in [0.1, 0.15) is 24.8 Å².